The van der Waals surface area contributed by atoms with Crippen LogP contribution < -0.4 is 5.32 Å². The molecule has 0 aromatic heterocycles. The van der Waals surface area contributed by atoms with E-state index in [-0.39, 0.29) is 12.5 Å². The monoisotopic (exact) mass is 278 g/mol. The lowest BCUT2D eigenvalue weighted by atomic mass is 10.0. The van der Waals surface area contributed by atoms with Crippen molar-refractivity contribution in [1.82, 2.24) is 10.2 Å². The number of nitrogens with zero attached hydrogens (tertiary/aromatic N) is 1. The Morgan fingerprint density at radius 1 is 1.25 bits per heavy atom. The molecule has 0 aliphatic carbocycles. The predicted molar refractivity (Wildman–Crippen MR) is 77.0 cm³/mol. The molecular weight excluding hydrogens is 256 g/mol. The lowest BCUT2D eigenvalue weighted by molar-refractivity contribution is -0.149. The van der Waals surface area contributed by atoms with Crippen molar-refractivity contribution < 1.29 is 14.3 Å². The molecule has 0 spiro atoms. The molecule has 1 amide bonds. The zero-order chi connectivity index (χ0) is 15.2. The Morgan fingerprint density at radius 3 is 2.35 bits per heavy atom. The van der Waals surface area contributed by atoms with Gasteiger partial charge in [-0.25, -0.2) is 0 Å². The minimum atomic E-state index is -0.733. The smallest absolute Gasteiger partial charge is 0.325 e. The fourth-order valence-corrected chi connectivity index (χ4v) is 1.73. The molecule has 1 N–H and O–H groups in total. The lowest BCUT2D eigenvalue weighted by Gasteiger charge is -2.31. The van der Waals surface area contributed by atoms with Gasteiger partial charge in [0.15, 0.2) is 0 Å². The number of carbonyl (C=O) groups excluding carboxylic acids is 2. The maximum Gasteiger partial charge on any atom is 0.325 e. The predicted octanol–water partition coefficient (Wildman–Crippen LogP) is 1.19. The van der Waals surface area contributed by atoms with Crippen LogP contribution in [0.1, 0.15) is 19.4 Å². The van der Waals surface area contributed by atoms with Gasteiger partial charge in [0, 0.05) is 6.54 Å². The Morgan fingerprint density at radius 2 is 1.85 bits per heavy atom. The molecule has 1 aromatic carbocycles. The molecule has 0 radical (unpaired) electrons. The van der Waals surface area contributed by atoms with Crippen LogP contribution in [0, 0.1) is 0 Å². The first-order valence-electron chi connectivity index (χ1n) is 6.49. The Hall–Kier alpha value is -1.88. The Bertz CT molecular complexity index is 457. The van der Waals surface area contributed by atoms with Crippen LogP contribution in [-0.2, 0) is 20.9 Å². The molecule has 0 saturated carbocycles. The fourth-order valence-electron chi connectivity index (χ4n) is 1.73. The molecule has 0 saturated heterocycles. The molecule has 20 heavy (non-hydrogen) atoms. The van der Waals surface area contributed by atoms with Crippen molar-refractivity contribution in [2.75, 3.05) is 20.7 Å². The minimum Gasteiger partial charge on any atom is -0.468 e. The third-order valence-corrected chi connectivity index (χ3v) is 3.21. The Balaban J connectivity index is 2.91. The van der Waals surface area contributed by atoms with Gasteiger partial charge in [0.05, 0.1) is 12.6 Å². The maximum atomic E-state index is 12.5. The molecule has 0 heterocycles. The largest absolute Gasteiger partial charge is 0.468 e. The van der Waals surface area contributed by atoms with E-state index in [9.17, 15) is 9.59 Å². The van der Waals surface area contributed by atoms with Gasteiger partial charge in [-0.2, -0.15) is 0 Å². The van der Waals surface area contributed by atoms with Crippen molar-refractivity contribution in [3.8, 4) is 0 Å². The number of methoxy groups -OCH3 is 1. The molecule has 0 atom stereocenters. The van der Waals surface area contributed by atoms with Crippen LogP contribution in [0.15, 0.2) is 30.3 Å². The number of carbonyl (C=O) groups is 2. The van der Waals surface area contributed by atoms with Crippen LogP contribution in [0.3, 0.4) is 0 Å². The van der Waals surface area contributed by atoms with E-state index >= 15 is 0 Å². The Kier molecular flexibility index (Phi) is 5.70. The minimum absolute atomic E-state index is 0.0602. The summed E-state index contributed by atoms with van der Waals surface area (Å²) in [6, 6.07) is 9.56. The number of hydrogen-bond acceptors (Lipinski definition) is 4. The van der Waals surface area contributed by atoms with Gasteiger partial charge >= 0.3 is 5.97 Å². The third kappa shape index (κ3) is 4.35. The summed E-state index contributed by atoms with van der Waals surface area (Å²) in [5.41, 5.74) is 0.236. The van der Waals surface area contributed by atoms with E-state index in [1.807, 2.05) is 30.3 Å². The molecule has 1 aromatic rings. The van der Waals surface area contributed by atoms with Crippen LogP contribution in [0.25, 0.3) is 0 Å². The number of esters is 1. The van der Waals surface area contributed by atoms with Crippen LogP contribution in [-0.4, -0.2) is 43.0 Å². The molecule has 5 heteroatoms. The van der Waals surface area contributed by atoms with E-state index in [2.05, 4.69) is 10.1 Å². The van der Waals surface area contributed by atoms with Gasteiger partial charge in [-0.1, -0.05) is 30.3 Å². The second-order valence-corrected chi connectivity index (χ2v) is 5.10. The number of rotatable bonds is 6. The molecule has 0 bridgehead atoms. The standard InChI is InChI=1S/C15H22N2O3/c1-15(2,16-3)14(19)17(11-13(18)20-4)10-12-8-6-5-7-9-12/h5-9,16H,10-11H2,1-4H3. The topological polar surface area (TPSA) is 58.6 Å². The van der Waals surface area contributed by atoms with E-state index in [0.29, 0.717) is 6.54 Å². The molecule has 110 valence electrons. The first kappa shape index (κ1) is 16.2. The number of hydrogen-bond donors (Lipinski definition) is 1. The zero-order valence-electron chi connectivity index (χ0n) is 12.5. The zero-order valence-corrected chi connectivity index (χ0v) is 12.5. The van der Waals surface area contributed by atoms with Crippen molar-refractivity contribution in [2.24, 2.45) is 0 Å². The summed E-state index contributed by atoms with van der Waals surface area (Å²) >= 11 is 0. The number of ether oxygens (including phenoxy) is 1. The normalized spacial score (nSPS) is 11.0. The van der Waals surface area contributed by atoms with E-state index in [1.165, 1.54) is 12.0 Å². The highest BCUT2D eigenvalue weighted by molar-refractivity contribution is 5.88. The summed E-state index contributed by atoms with van der Waals surface area (Å²) in [5.74, 6) is -0.574. The summed E-state index contributed by atoms with van der Waals surface area (Å²) in [6.07, 6.45) is 0. The van der Waals surface area contributed by atoms with Crippen LogP contribution >= 0.6 is 0 Å². The molecule has 0 fully saturated rings. The van der Waals surface area contributed by atoms with Crippen molar-refractivity contribution in [3.63, 3.8) is 0 Å². The molecule has 0 aliphatic heterocycles. The van der Waals surface area contributed by atoms with Gasteiger partial charge in [-0.3, -0.25) is 9.59 Å². The summed E-state index contributed by atoms with van der Waals surface area (Å²) < 4.78 is 4.66. The molecule has 0 unspecified atom stereocenters. The van der Waals surface area contributed by atoms with Crippen molar-refractivity contribution >= 4 is 11.9 Å². The number of amides is 1. The highest BCUT2D eigenvalue weighted by Gasteiger charge is 2.31. The maximum absolute atomic E-state index is 12.5. The van der Waals surface area contributed by atoms with Crippen LogP contribution in [0.2, 0.25) is 0 Å². The summed E-state index contributed by atoms with van der Waals surface area (Å²) in [5, 5.41) is 2.96. The van der Waals surface area contributed by atoms with Gasteiger partial charge in [0.2, 0.25) is 5.91 Å². The van der Waals surface area contributed by atoms with Gasteiger partial charge in [-0.15, -0.1) is 0 Å². The second kappa shape index (κ2) is 7.05. The number of likely N-dealkylation sites (N-methyl/N-ethyl adjacent to an activating group) is 1. The van der Waals surface area contributed by atoms with E-state index in [4.69, 9.17) is 0 Å². The van der Waals surface area contributed by atoms with E-state index < -0.39 is 11.5 Å². The lowest BCUT2D eigenvalue weighted by Crippen LogP contribution is -2.53. The first-order chi connectivity index (χ1) is 9.40. The summed E-state index contributed by atoms with van der Waals surface area (Å²) in [7, 11) is 3.04. The third-order valence-electron chi connectivity index (χ3n) is 3.21. The van der Waals surface area contributed by atoms with Gasteiger partial charge in [0.1, 0.15) is 6.54 Å². The van der Waals surface area contributed by atoms with Crippen LogP contribution in [0.4, 0.5) is 0 Å². The average Bonchev–Trinajstić information content (AvgIpc) is 2.46. The van der Waals surface area contributed by atoms with Crippen molar-refractivity contribution in [3.05, 3.63) is 35.9 Å². The number of benzene rings is 1. The summed E-state index contributed by atoms with van der Waals surface area (Å²) in [6.45, 7) is 3.88. The van der Waals surface area contributed by atoms with Crippen molar-refractivity contribution in [2.45, 2.75) is 25.9 Å². The molecule has 1 rings (SSSR count). The van der Waals surface area contributed by atoms with Crippen molar-refractivity contribution in [1.29, 1.82) is 0 Å². The fraction of sp³-hybridized carbons (Fsp3) is 0.467. The molecule has 5 nitrogen and oxygen atoms in total. The first-order valence-corrected chi connectivity index (χ1v) is 6.49. The molecular formula is C15H22N2O3. The highest BCUT2D eigenvalue weighted by Crippen LogP contribution is 2.12. The highest BCUT2D eigenvalue weighted by atomic mass is 16.5. The van der Waals surface area contributed by atoms with E-state index in [1.54, 1.807) is 20.9 Å². The van der Waals surface area contributed by atoms with Gasteiger partial charge in [-0.05, 0) is 26.5 Å². The average molecular weight is 278 g/mol. The van der Waals surface area contributed by atoms with Gasteiger partial charge in [0.25, 0.3) is 0 Å². The second-order valence-electron chi connectivity index (χ2n) is 5.10. The van der Waals surface area contributed by atoms with Gasteiger partial charge < -0.3 is 15.0 Å². The molecule has 0 aliphatic rings. The van der Waals surface area contributed by atoms with E-state index in [0.717, 1.165) is 5.56 Å². The summed E-state index contributed by atoms with van der Waals surface area (Å²) in [4.78, 5) is 25.5. The SMILES string of the molecule is CNC(C)(C)C(=O)N(CC(=O)OC)Cc1ccccc1. The Labute approximate surface area is 119 Å². The number of nitrogens with one attached hydrogen (secondary N) is 1. The quantitative estimate of drug-likeness (QED) is 0.794. The van der Waals surface area contributed by atoms with Crippen LogP contribution in [0.5, 0.6) is 0 Å².